The summed E-state index contributed by atoms with van der Waals surface area (Å²) in [6.07, 6.45) is -0.298. The third-order valence-electron chi connectivity index (χ3n) is 5.59. The van der Waals surface area contributed by atoms with Gasteiger partial charge in [0.2, 0.25) is 0 Å². The molecule has 2 aromatic carbocycles. The molecule has 0 aliphatic carbocycles. The summed E-state index contributed by atoms with van der Waals surface area (Å²) in [5, 5.41) is 3.29. The summed E-state index contributed by atoms with van der Waals surface area (Å²) in [5.41, 5.74) is 2.87. The van der Waals surface area contributed by atoms with Crippen molar-refractivity contribution in [2.75, 3.05) is 36.4 Å². The van der Waals surface area contributed by atoms with E-state index < -0.39 is 5.60 Å². The lowest BCUT2D eigenvalue weighted by atomic mass is 10.1. The molecule has 0 bridgehead atoms. The quantitative estimate of drug-likeness (QED) is 0.591. The fourth-order valence-corrected chi connectivity index (χ4v) is 3.90. The van der Waals surface area contributed by atoms with E-state index in [1.54, 1.807) is 11.0 Å². The van der Waals surface area contributed by atoms with E-state index in [0.29, 0.717) is 48.5 Å². The number of aryl methyl sites for hydroxylation is 1. The Morgan fingerprint density at radius 3 is 2.45 bits per heavy atom. The second-order valence-corrected chi connectivity index (χ2v) is 9.29. The van der Waals surface area contributed by atoms with Crippen LogP contribution in [-0.4, -0.2) is 53.7 Å². The maximum absolute atomic E-state index is 14.1. The van der Waals surface area contributed by atoms with Gasteiger partial charge in [0.15, 0.2) is 0 Å². The maximum atomic E-state index is 14.1. The molecule has 3 aromatic rings. The van der Waals surface area contributed by atoms with Crippen LogP contribution in [0.1, 0.15) is 36.8 Å². The molecular formula is C25H29FN4O3. The van der Waals surface area contributed by atoms with Crippen LogP contribution in [0.25, 0.3) is 10.9 Å². The molecule has 33 heavy (non-hydrogen) atoms. The summed E-state index contributed by atoms with van der Waals surface area (Å²) in [5.74, 6) is -0.699. The Balaban J connectivity index is 1.42. The number of nitrogens with one attached hydrogen (secondary N) is 2. The Kier molecular flexibility index (Phi) is 6.01. The number of aromatic amines is 1. The van der Waals surface area contributed by atoms with Crippen molar-refractivity contribution < 1.29 is 18.7 Å². The van der Waals surface area contributed by atoms with Gasteiger partial charge in [0.1, 0.15) is 17.1 Å². The zero-order valence-electron chi connectivity index (χ0n) is 19.4. The molecule has 0 radical (unpaired) electrons. The molecule has 4 rings (SSSR count). The number of aromatic nitrogens is 1. The number of rotatable bonds is 3. The Labute approximate surface area is 192 Å². The number of piperazine rings is 1. The van der Waals surface area contributed by atoms with Crippen molar-refractivity contribution >= 4 is 34.3 Å². The Hall–Kier alpha value is -3.55. The molecule has 1 aromatic heterocycles. The monoisotopic (exact) mass is 452 g/mol. The summed E-state index contributed by atoms with van der Waals surface area (Å²) >= 11 is 0. The summed E-state index contributed by atoms with van der Waals surface area (Å²) < 4.78 is 19.6. The molecule has 0 spiro atoms. The number of carbonyl (C=O) groups excluding carboxylic acids is 2. The number of anilines is 2. The van der Waals surface area contributed by atoms with Crippen LogP contribution in [-0.2, 0) is 4.74 Å². The lowest BCUT2D eigenvalue weighted by Crippen LogP contribution is -2.50. The topological polar surface area (TPSA) is 77.7 Å². The standard InChI is InChI=1S/C25H29FN4O3/c1-16-8-9-20(26)19-15-21(28-22(16)19)23(31)27-17-6-5-7-18(14-17)29-10-12-30(13-11-29)24(32)33-25(2,3)4/h5-9,14-15,28H,10-13H2,1-4H3,(H,27,31). The summed E-state index contributed by atoms with van der Waals surface area (Å²) in [7, 11) is 0. The van der Waals surface area contributed by atoms with Gasteiger partial charge in [-0.25, -0.2) is 9.18 Å². The Morgan fingerprint density at radius 1 is 1.06 bits per heavy atom. The van der Waals surface area contributed by atoms with Gasteiger partial charge in [-0.1, -0.05) is 12.1 Å². The summed E-state index contributed by atoms with van der Waals surface area (Å²) in [6, 6.07) is 12.2. The lowest BCUT2D eigenvalue weighted by molar-refractivity contribution is 0.0240. The van der Waals surface area contributed by atoms with Gasteiger partial charge in [0.05, 0.1) is 5.52 Å². The molecule has 0 atom stereocenters. The zero-order valence-corrected chi connectivity index (χ0v) is 19.4. The minimum absolute atomic E-state index is 0.298. The molecule has 0 saturated carbocycles. The van der Waals surface area contributed by atoms with Crippen LogP contribution < -0.4 is 10.2 Å². The lowest BCUT2D eigenvalue weighted by Gasteiger charge is -2.36. The van der Waals surface area contributed by atoms with Crippen LogP contribution in [0.5, 0.6) is 0 Å². The number of nitrogens with zero attached hydrogens (tertiary/aromatic N) is 2. The molecule has 1 aliphatic heterocycles. The Morgan fingerprint density at radius 2 is 1.79 bits per heavy atom. The molecule has 7 nitrogen and oxygen atoms in total. The second kappa shape index (κ2) is 8.77. The molecule has 2 heterocycles. The first-order chi connectivity index (χ1) is 15.6. The molecule has 0 unspecified atom stereocenters. The minimum Gasteiger partial charge on any atom is -0.444 e. The van der Waals surface area contributed by atoms with E-state index >= 15 is 0 Å². The van der Waals surface area contributed by atoms with Gasteiger partial charge < -0.3 is 24.8 Å². The first-order valence-corrected chi connectivity index (χ1v) is 11.0. The fraction of sp³-hybridized carbons (Fsp3) is 0.360. The predicted molar refractivity (Wildman–Crippen MR) is 127 cm³/mol. The number of halogens is 1. The molecule has 2 N–H and O–H groups in total. The molecule has 1 saturated heterocycles. The first kappa shape index (κ1) is 22.6. The van der Waals surface area contributed by atoms with Crippen molar-refractivity contribution in [2.45, 2.75) is 33.3 Å². The number of H-pyrrole nitrogens is 1. The smallest absolute Gasteiger partial charge is 0.410 e. The summed E-state index contributed by atoms with van der Waals surface area (Å²) in [4.78, 5) is 32.0. The highest BCUT2D eigenvalue weighted by Gasteiger charge is 2.26. The average molecular weight is 453 g/mol. The van der Waals surface area contributed by atoms with Gasteiger partial charge in [-0.3, -0.25) is 4.79 Å². The van der Waals surface area contributed by atoms with E-state index in [1.807, 2.05) is 52.0 Å². The molecule has 1 aliphatic rings. The summed E-state index contributed by atoms with van der Waals surface area (Å²) in [6.45, 7) is 9.88. The number of ether oxygens (including phenoxy) is 1. The van der Waals surface area contributed by atoms with E-state index in [1.165, 1.54) is 12.1 Å². The van der Waals surface area contributed by atoms with E-state index in [-0.39, 0.29) is 17.8 Å². The van der Waals surface area contributed by atoms with Crippen LogP contribution in [0.4, 0.5) is 20.6 Å². The van der Waals surface area contributed by atoms with Crippen LogP contribution in [0, 0.1) is 12.7 Å². The highest BCUT2D eigenvalue weighted by molar-refractivity contribution is 6.06. The van der Waals surface area contributed by atoms with Crippen molar-refractivity contribution in [1.82, 2.24) is 9.88 Å². The van der Waals surface area contributed by atoms with Gasteiger partial charge in [0, 0.05) is 42.9 Å². The number of fused-ring (bicyclic) bond motifs is 1. The van der Waals surface area contributed by atoms with Crippen LogP contribution in [0.3, 0.4) is 0 Å². The van der Waals surface area contributed by atoms with Crippen LogP contribution in [0.2, 0.25) is 0 Å². The predicted octanol–water partition coefficient (Wildman–Crippen LogP) is 4.92. The highest BCUT2D eigenvalue weighted by Crippen LogP contribution is 2.25. The molecule has 8 heteroatoms. The van der Waals surface area contributed by atoms with Crippen LogP contribution in [0.15, 0.2) is 42.5 Å². The SMILES string of the molecule is Cc1ccc(F)c2cc(C(=O)Nc3cccc(N4CCN(C(=O)OC(C)(C)C)CC4)c3)[nH]c12. The Bertz CT molecular complexity index is 1150. The van der Waals surface area contributed by atoms with Crippen molar-refractivity contribution in [3.8, 4) is 0 Å². The molecule has 2 amide bonds. The third kappa shape index (κ3) is 5.10. The van der Waals surface area contributed by atoms with Crippen molar-refractivity contribution in [1.29, 1.82) is 0 Å². The number of carbonyl (C=O) groups is 2. The number of hydrogen-bond donors (Lipinski definition) is 2. The van der Waals surface area contributed by atoms with Gasteiger partial charge in [-0.15, -0.1) is 0 Å². The highest BCUT2D eigenvalue weighted by atomic mass is 19.1. The van der Waals surface area contributed by atoms with Crippen molar-refractivity contribution in [3.05, 3.63) is 59.5 Å². The van der Waals surface area contributed by atoms with Gasteiger partial charge in [0.25, 0.3) is 5.91 Å². The second-order valence-electron chi connectivity index (χ2n) is 9.29. The fourth-order valence-electron chi connectivity index (χ4n) is 3.90. The minimum atomic E-state index is -0.518. The van der Waals surface area contributed by atoms with Gasteiger partial charge in [-0.2, -0.15) is 0 Å². The van der Waals surface area contributed by atoms with Gasteiger partial charge >= 0.3 is 6.09 Å². The number of benzene rings is 2. The van der Waals surface area contributed by atoms with E-state index in [2.05, 4.69) is 15.2 Å². The van der Waals surface area contributed by atoms with Crippen molar-refractivity contribution in [3.63, 3.8) is 0 Å². The largest absolute Gasteiger partial charge is 0.444 e. The van der Waals surface area contributed by atoms with Gasteiger partial charge in [-0.05, 0) is 63.6 Å². The number of amides is 2. The van der Waals surface area contributed by atoms with Crippen molar-refractivity contribution in [2.24, 2.45) is 0 Å². The van der Waals surface area contributed by atoms with E-state index in [9.17, 15) is 14.0 Å². The van der Waals surface area contributed by atoms with E-state index in [4.69, 9.17) is 4.74 Å². The van der Waals surface area contributed by atoms with E-state index in [0.717, 1.165) is 11.3 Å². The number of hydrogen-bond acceptors (Lipinski definition) is 4. The normalized spacial score (nSPS) is 14.5. The zero-order chi connectivity index (χ0) is 23.8. The van der Waals surface area contributed by atoms with Crippen LogP contribution >= 0.6 is 0 Å². The molecular weight excluding hydrogens is 423 g/mol. The first-order valence-electron chi connectivity index (χ1n) is 11.0. The average Bonchev–Trinajstić information content (AvgIpc) is 3.23. The maximum Gasteiger partial charge on any atom is 0.410 e. The molecule has 174 valence electrons. The molecule has 1 fully saturated rings. The third-order valence-corrected chi connectivity index (χ3v) is 5.59.